The van der Waals surface area contributed by atoms with Gasteiger partial charge < -0.3 is 48.7 Å². The molecule has 6 amide bonds. The van der Waals surface area contributed by atoms with Gasteiger partial charge in [0.05, 0.1) is 53.1 Å². The molecule has 2 fully saturated rings. The van der Waals surface area contributed by atoms with E-state index in [1.807, 2.05) is 18.2 Å². The molecule has 3 aliphatic rings. The van der Waals surface area contributed by atoms with Gasteiger partial charge in [0.2, 0.25) is 23.5 Å². The smallest absolute Gasteiger partial charge is 0.329 e. The van der Waals surface area contributed by atoms with Gasteiger partial charge in [0.25, 0.3) is 17.7 Å². The second-order valence-corrected chi connectivity index (χ2v) is 16.8. The number of piperidine rings is 2. The van der Waals surface area contributed by atoms with Crippen LogP contribution < -0.4 is 44.4 Å². The van der Waals surface area contributed by atoms with Gasteiger partial charge in [-0.25, -0.2) is 4.79 Å². The van der Waals surface area contributed by atoms with Crippen LogP contribution >= 0.6 is 0 Å². The minimum atomic E-state index is -1.10. The van der Waals surface area contributed by atoms with Crippen molar-refractivity contribution in [1.29, 1.82) is 0 Å². The molecule has 3 heterocycles. The number of methoxy groups -OCH3 is 5. The molecule has 0 bridgehead atoms. The normalized spacial score (nSPS) is 16.9. The highest BCUT2D eigenvalue weighted by Crippen LogP contribution is 2.39. The summed E-state index contributed by atoms with van der Waals surface area (Å²) in [5.41, 5.74) is 2.74. The van der Waals surface area contributed by atoms with Crippen molar-refractivity contribution in [3.8, 4) is 34.5 Å². The molecule has 4 aromatic rings. The molecule has 2 unspecified atom stereocenters. The lowest BCUT2D eigenvalue weighted by Crippen LogP contribution is -2.54. The maximum atomic E-state index is 14.3. The van der Waals surface area contributed by atoms with Crippen LogP contribution in [0.5, 0.6) is 34.5 Å². The number of carbonyl (C=O) groups is 7. The van der Waals surface area contributed by atoms with E-state index >= 15 is 0 Å². The van der Waals surface area contributed by atoms with Crippen molar-refractivity contribution in [2.24, 2.45) is 0 Å². The van der Waals surface area contributed by atoms with Crippen molar-refractivity contribution in [3.63, 3.8) is 0 Å². The van der Waals surface area contributed by atoms with Gasteiger partial charge in [-0.1, -0.05) is 24.3 Å². The Hall–Kier alpha value is -7.83. The molecular formula is C51H57N5O14. The molecule has 2 saturated heterocycles. The number of esters is 1. The first-order valence-corrected chi connectivity index (χ1v) is 23.0. The highest BCUT2D eigenvalue weighted by atomic mass is 16.5. The first-order chi connectivity index (χ1) is 33.9. The first kappa shape index (κ1) is 50.1. The van der Waals surface area contributed by atoms with Crippen molar-refractivity contribution in [3.05, 3.63) is 101 Å². The molecule has 0 aliphatic carbocycles. The Morgan fingerprint density at radius 3 is 2.20 bits per heavy atom. The molecule has 7 rings (SSSR count). The lowest BCUT2D eigenvalue weighted by atomic mass is 9.99. The number of fused-ring (bicyclic) bond motifs is 1. The highest BCUT2D eigenvalue weighted by molar-refractivity contribution is 6.25. The van der Waals surface area contributed by atoms with E-state index < -0.39 is 53.7 Å². The summed E-state index contributed by atoms with van der Waals surface area (Å²) in [6.45, 7) is 0.335. The molecule has 70 heavy (non-hydrogen) atoms. The van der Waals surface area contributed by atoms with E-state index in [0.717, 1.165) is 23.3 Å². The van der Waals surface area contributed by atoms with Crippen LogP contribution in [0.25, 0.3) is 0 Å². The summed E-state index contributed by atoms with van der Waals surface area (Å²) < 4.78 is 39.6. The number of hydrogen-bond donors (Lipinski definition) is 3. The fourth-order valence-electron chi connectivity index (χ4n) is 8.90. The Kier molecular flexibility index (Phi) is 16.4. The van der Waals surface area contributed by atoms with Gasteiger partial charge in [-0.3, -0.25) is 39.0 Å². The fraction of sp³-hybridized carbons (Fsp3) is 0.392. The summed E-state index contributed by atoms with van der Waals surface area (Å²) in [4.78, 5) is 94.6. The Morgan fingerprint density at radius 1 is 0.757 bits per heavy atom. The summed E-state index contributed by atoms with van der Waals surface area (Å²) >= 11 is 0. The van der Waals surface area contributed by atoms with Gasteiger partial charge >= 0.3 is 5.97 Å². The number of imide groups is 2. The first-order valence-electron chi connectivity index (χ1n) is 23.0. The Morgan fingerprint density at radius 2 is 1.49 bits per heavy atom. The quantitative estimate of drug-likeness (QED) is 0.0590. The predicted molar refractivity (Wildman–Crippen MR) is 252 cm³/mol. The zero-order valence-corrected chi connectivity index (χ0v) is 39.8. The minimum Gasteiger partial charge on any atom is -0.493 e. The summed E-state index contributed by atoms with van der Waals surface area (Å²) in [6, 6.07) is 18.7. The number of anilines is 1. The molecular weight excluding hydrogens is 907 g/mol. The summed E-state index contributed by atoms with van der Waals surface area (Å²) in [7, 11) is 7.61. The molecule has 3 atom stereocenters. The summed E-state index contributed by atoms with van der Waals surface area (Å²) in [5, 5.41) is 8.05. The average molecular weight is 964 g/mol. The van der Waals surface area contributed by atoms with Gasteiger partial charge in [-0.05, 0) is 104 Å². The van der Waals surface area contributed by atoms with Crippen LogP contribution in [-0.2, 0) is 41.6 Å². The van der Waals surface area contributed by atoms with E-state index in [9.17, 15) is 33.6 Å². The van der Waals surface area contributed by atoms with Crippen LogP contribution in [-0.4, -0.2) is 125 Å². The van der Waals surface area contributed by atoms with E-state index in [2.05, 4.69) is 16.0 Å². The number of benzene rings is 4. The standard InChI is InChI=1S/C51H57N5O14/c1-64-39-19-16-30(24-40(39)65-2)15-18-38(70-51(63)37-14-6-7-23-55(37)45(59)27-31-25-41(66-3)47(68-5)42(26-31)67-4)32-10-8-11-33(28-32)69-29-44(58)53-22-21-52-35-13-9-12-34-46(35)50(62)56(49(34)61)36-17-20-43(57)54-48(36)60/h8-13,16,19,24-26,28,36-38,52H,6-7,14-15,17-18,20-23,27,29H2,1-5H3,(H,53,58)(H,54,57,60)/t36?,37?,38-/m1/s1. The molecule has 19 nitrogen and oxygen atoms in total. The second-order valence-electron chi connectivity index (χ2n) is 16.8. The van der Waals surface area contributed by atoms with Crippen molar-refractivity contribution in [2.75, 3.05) is 67.1 Å². The van der Waals surface area contributed by atoms with E-state index in [1.165, 1.54) is 27.4 Å². The third-order valence-corrected chi connectivity index (χ3v) is 12.4. The number of carbonyl (C=O) groups excluding carboxylic acids is 7. The third kappa shape index (κ3) is 11.4. The lowest BCUT2D eigenvalue weighted by molar-refractivity contribution is -0.162. The van der Waals surface area contributed by atoms with Crippen LogP contribution in [0.1, 0.15) is 82.0 Å². The highest BCUT2D eigenvalue weighted by Gasteiger charge is 2.45. The zero-order valence-electron chi connectivity index (χ0n) is 39.8. The third-order valence-electron chi connectivity index (χ3n) is 12.4. The van der Waals surface area contributed by atoms with Gasteiger partial charge in [-0.15, -0.1) is 0 Å². The van der Waals surface area contributed by atoms with Gasteiger partial charge in [0.1, 0.15) is 23.9 Å². The number of likely N-dealkylation sites (tertiary alicyclic amines) is 1. The van der Waals surface area contributed by atoms with Crippen molar-refractivity contribution in [2.45, 2.75) is 69.6 Å². The number of nitrogens with zero attached hydrogens (tertiary/aromatic N) is 2. The maximum Gasteiger partial charge on any atom is 0.329 e. The minimum absolute atomic E-state index is 0.00701. The fourth-order valence-corrected chi connectivity index (χ4v) is 8.90. The van der Waals surface area contributed by atoms with E-state index in [4.69, 9.17) is 33.2 Å². The number of ether oxygens (including phenoxy) is 7. The number of amides is 6. The van der Waals surface area contributed by atoms with Crippen LogP contribution in [0.4, 0.5) is 5.69 Å². The molecule has 3 N–H and O–H groups in total. The summed E-state index contributed by atoms with van der Waals surface area (Å²) in [5.74, 6) is -0.980. The Balaban J connectivity index is 0.992. The molecule has 370 valence electrons. The second kappa shape index (κ2) is 23.0. The van der Waals surface area contributed by atoms with Crippen LogP contribution in [0.2, 0.25) is 0 Å². The molecule has 0 saturated carbocycles. The molecule has 0 aromatic heterocycles. The lowest BCUT2D eigenvalue weighted by Gasteiger charge is -2.35. The predicted octanol–water partition coefficient (Wildman–Crippen LogP) is 4.58. The zero-order chi connectivity index (χ0) is 49.9. The molecule has 0 spiro atoms. The summed E-state index contributed by atoms with van der Waals surface area (Å²) in [6.07, 6.45) is 1.95. The topological polar surface area (TPSA) is 227 Å². The molecule has 4 aromatic carbocycles. The van der Waals surface area contributed by atoms with Gasteiger partial charge in [0.15, 0.2) is 29.6 Å². The van der Waals surface area contributed by atoms with Gasteiger partial charge in [-0.2, -0.15) is 0 Å². The van der Waals surface area contributed by atoms with E-state index in [-0.39, 0.29) is 56.0 Å². The Bertz CT molecular complexity index is 2610. The van der Waals surface area contributed by atoms with Gasteiger partial charge in [0, 0.05) is 31.7 Å². The Labute approximate surface area is 405 Å². The van der Waals surface area contributed by atoms with E-state index in [0.29, 0.717) is 77.1 Å². The van der Waals surface area contributed by atoms with Crippen molar-refractivity contribution in [1.82, 2.24) is 20.4 Å². The number of hydrogen-bond acceptors (Lipinski definition) is 15. The number of rotatable bonds is 21. The van der Waals surface area contributed by atoms with E-state index in [1.54, 1.807) is 67.7 Å². The monoisotopic (exact) mass is 963 g/mol. The van der Waals surface area contributed by atoms with Crippen LogP contribution in [0.3, 0.4) is 0 Å². The number of nitrogens with one attached hydrogen (secondary N) is 3. The molecule has 0 radical (unpaired) electrons. The average Bonchev–Trinajstić information content (AvgIpc) is 3.63. The van der Waals surface area contributed by atoms with Crippen molar-refractivity contribution < 1.29 is 66.7 Å². The van der Waals surface area contributed by atoms with Crippen molar-refractivity contribution >= 4 is 47.1 Å². The van der Waals surface area contributed by atoms with Crippen LogP contribution in [0, 0.1) is 0 Å². The SMILES string of the molecule is COc1ccc(CC[C@@H](OC(=O)C2CCCCN2C(=O)Cc2cc(OC)c(OC)c(OC)c2)c2cccc(OCC(=O)NCCNc3cccc4c3C(=O)N(C3CCC(=O)NC3=O)C4=O)c2)cc1OC. The number of aryl methyl sites for hydroxylation is 1. The molecule has 3 aliphatic heterocycles. The maximum absolute atomic E-state index is 14.3. The van der Waals surface area contributed by atoms with Crippen LogP contribution in [0.15, 0.2) is 72.8 Å². The largest absolute Gasteiger partial charge is 0.493 e. The molecule has 19 heteroatoms.